The third-order valence-electron chi connectivity index (χ3n) is 5.12. The fourth-order valence-corrected chi connectivity index (χ4v) is 3.53. The number of ether oxygens (including phenoxy) is 1. The average Bonchev–Trinajstić information content (AvgIpc) is 2.92. The number of alkyl halides is 3. The number of aromatic nitrogens is 2. The summed E-state index contributed by atoms with van der Waals surface area (Å²) in [4.78, 5) is 43.3. The number of fused-ring (bicyclic) bond motifs is 1. The lowest BCUT2D eigenvalue weighted by atomic mass is 9.92. The van der Waals surface area contributed by atoms with Crippen molar-refractivity contribution in [1.82, 2.24) is 19.6 Å². The largest absolute Gasteiger partial charge is 0.573 e. The van der Waals surface area contributed by atoms with Crippen LogP contribution in [0.5, 0.6) is 5.75 Å². The number of benzene rings is 1. The van der Waals surface area contributed by atoms with E-state index < -0.39 is 29.6 Å². The van der Waals surface area contributed by atoms with Crippen molar-refractivity contribution in [3.63, 3.8) is 0 Å². The van der Waals surface area contributed by atoms with E-state index in [0.717, 1.165) is 22.6 Å². The van der Waals surface area contributed by atoms with Crippen LogP contribution in [0.2, 0.25) is 0 Å². The van der Waals surface area contributed by atoms with Crippen LogP contribution < -0.4 is 15.6 Å². The molecule has 1 aliphatic rings. The van der Waals surface area contributed by atoms with Crippen molar-refractivity contribution in [2.75, 3.05) is 0 Å². The molecule has 1 aliphatic heterocycles. The van der Waals surface area contributed by atoms with E-state index in [1.165, 1.54) is 29.5 Å². The highest BCUT2D eigenvalue weighted by Crippen LogP contribution is 2.32. The zero-order valence-electron chi connectivity index (χ0n) is 16.9. The predicted octanol–water partition coefficient (Wildman–Crippen LogP) is 2.87. The smallest absolute Gasteiger partial charge is 0.406 e. The summed E-state index contributed by atoms with van der Waals surface area (Å²) in [6.45, 7) is 3.03. The van der Waals surface area contributed by atoms with Crippen LogP contribution in [-0.2, 0) is 16.9 Å². The highest BCUT2D eigenvalue weighted by molar-refractivity contribution is 6.07. The number of hydrogen-bond donors (Lipinski definition) is 1. The zero-order valence-corrected chi connectivity index (χ0v) is 16.9. The minimum atomic E-state index is -4.84. The number of nitrogens with zero attached hydrogens (tertiary/aromatic N) is 3. The number of nitrogens with one attached hydrogen (secondary N) is 1. The summed E-state index contributed by atoms with van der Waals surface area (Å²) in [5, 5.41) is 2.56. The average molecular weight is 446 g/mol. The third-order valence-corrected chi connectivity index (χ3v) is 5.12. The van der Waals surface area contributed by atoms with Crippen LogP contribution >= 0.6 is 0 Å². The monoisotopic (exact) mass is 446 g/mol. The number of carbonyl (C=O) groups is 2. The Morgan fingerprint density at radius 2 is 1.78 bits per heavy atom. The molecule has 4 rings (SSSR count). The van der Waals surface area contributed by atoms with Gasteiger partial charge in [0.05, 0.1) is 12.2 Å². The minimum Gasteiger partial charge on any atom is -0.406 e. The van der Waals surface area contributed by atoms with Gasteiger partial charge in [-0.3, -0.25) is 18.9 Å². The van der Waals surface area contributed by atoms with E-state index in [1.54, 1.807) is 18.3 Å². The number of imide groups is 1. The number of aryl methyl sites for hydroxylation is 1. The lowest BCUT2D eigenvalue weighted by molar-refractivity contribution is -0.274. The molecule has 1 aromatic carbocycles. The van der Waals surface area contributed by atoms with Gasteiger partial charge in [0.25, 0.3) is 11.5 Å². The van der Waals surface area contributed by atoms with Crippen LogP contribution in [0.3, 0.4) is 0 Å². The van der Waals surface area contributed by atoms with Gasteiger partial charge in [-0.15, -0.1) is 13.2 Å². The number of pyridine rings is 1. The Morgan fingerprint density at radius 1 is 1.09 bits per heavy atom. The molecular formula is C21H17F3N4O4. The first-order valence-corrected chi connectivity index (χ1v) is 9.46. The maximum Gasteiger partial charge on any atom is 0.573 e. The Balaban J connectivity index is 1.59. The second kappa shape index (κ2) is 7.36. The molecule has 0 aliphatic carbocycles. The topological polar surface area (TPSA) is 93.0 Å². The van der Waals surface area contributed by atoms with E-state index in [-0.39, 0.29) is 23.4 Å². The summed E-state index contributed by atoms with van der Waals surface area (Å²) in [6, 6.07) is 8.62. The highest BCUT2D eigenvalue weighted by atomic mass is 19.4. The molecule has 0 radical (unpaired) electrons. The van der Waals surface area contributed by atoms with Gasteiger partial charge in [0.1, 0.15) is 16.9 Å². The summed E-state index contributed by atoms with van der Waals surface area (Å²) in [5.74, 6) is -1.08. The molecule has 32 heavy (non-hydrogen) atoms. The first-order valence-electron chi connectivity index (χ1n) is 9.46. The van der Waals surface area contributed by atoms with Gasteiger partial charge in [0.2, 0.25) is 0 Å². The fraction of sp³-hybridized carbons (Fsp3) is 0.238. The lowest BCUT2D eigenvalue weighted by Gasteiger charge is -2.22. The van der Waals surface area contributed by atoms with E-state index in [1.807, 2.05) is 6.92 Å². The third kappa shape index (κ3) is 3.88. The molecule has 2 aromatic heterocycles. The lowest BCUT2D eigenvalue weighted by Crippen LogP contribution is -2.40. The molecule has 3 amide bonds. The highest BCUT2D eigenvalue weighted by Gasteiger charge is 2.49. The first kappa shape index (κ1) is 21.3. The molecule has 11 heteroatoms. The Labute approximate surface area is 179 Å². The van der Waals surface area contributed by atoms with E-state index in [2.05, 4.69) is 15.0 Å². The molecule has 1 unspecified atom stereocenters. The molecule has 0 bridgehead atoms. The van der Waals surface area contributed by atoms with Gasteiger partial charge in [-0.1, -0.05) is 18.2 Å². The van der Waals surface area contributed by atoms with E-state index in [9.17, 15) is 27.6 Å². The van der Waals surface area contributed by atoms with Gasteiger partial charge in [-0.25, -0.2) is 9.78 Å². The molecule has 0 saturated carbocycles. The number of rotatable bonds is 4. The molecule has 166 valence electrons. The summed E-state index contributed by atoms with van der Waals surface area (Å²) in [6.07, 6.45) is -3.21. The molecule has 3 heterocycles. The van der Waals surface area contributed by atoms with Crippen molar-refractivity contribution in [2.24, 2.45) is 0 Å². The summed E-state index contributed by atoms with van der Waals surface area (Å²) in [5.41, 5.74) is -0.130. The summed E-state index contributed by atoms with van der Waals surface area (Å²) in [7, 11) is 0. The quantitative estimate of drug-likeness (QED) is 0.623. The van der Waals surface area contributed by atoms with Gasteiger partial charge in [-0.05, 0) is 43.2 Å². The van der Waals surface area contributed by atoms with Crippen molar-refractivity contribution < 1.29 is 27.5 Å². The Morgan fingerprint density at radius 3 is 2.44 bits per heavy atom. The normalized spacial score (nSPS) is 18.8. The van der Waals surface area contributed by atoms with Crippen molar-refractivity contribution in [3.8, 4) is 5.75 Å². The second-order valence-corrected chi connectivity index (χ2v) is 7.54. The molecule has 0 spiro atoms. The molecule has 8 nitrogen and oxygen atoms in total. The number of amides is 3. The fourth-order valence-electron chi connectivity index (χ4n) is 3.53. The maximum absolute atomic E-state index is 13.1. The maximum atomic E-state index is 13.1. The molecule has 1 atom stereocenters. The molecule has 1 saturated heterocycles. The first-order chi connectivity index (χ1) is 15.0. The van der Waals surface area contributed by atoms with Crippen LogP contribution in [0, 0.1) is 6.92 Å². The molecule has 1 fully saturated rings. The van der Waals surface area contributed by atoms with E-state index >= 15 is 0 Å². The van der Waals surface area contributed by atoms with Gasteiger partial charge in [-0.2, -0.15) is 0 Å². The van der Waals surface area contributed by atoms with Crippen molar-refractivity contribution >= 4 is 17.6 Å². The van der Waals surface area contributed by atoms with Gasteiger partial charge in [0, 0.05) is 12.3 Å². The van der Waals surface area contributed by atoms with E-state index in [0.29, 0.717) is 5.65 Å². The number of carbonyl (C=O) groups excluding carboxylic acids is 2. The van der Waals surface area contributed by atoms with Gasteiger partial charge < -0.3 is 10.1 Å². The molecule has 3 aromatic rings. The van der Waals surface area contributed by atoms with Crippen LogP contribution in [0.4, 0.5) is 18.0 Å². The number of hydrogen-bond acceptors (Lipinski definition) is 5. The Bertz CT molecular complexity index is 1290. The van der Waals surface area contributed by atoms with Gasteiger partial charge in [0.15, 0.2) is 0 Å². The van der Waals surface area contributed by atoms with Crippen molar-refractivity contribution in [2.45, 2.75) is 32.3 Å². The van der Waals surface area contributed by atoms with Crippen molar-refractivity contribution in [3.05, 3.63) is 75.8 Å². The van der Waals surface area contributed by atoms with Crippen LogP contribution in [0.15, 0.2) is 53.5 Å². The van der Waals surface area contributed by atoms with Crippen LogP contribution in [0.1, 0.15) is 23.7 Å². The molecular weight excluding hydrogens is 429 g/mol. The zero-order chi connectivity index (χ0) is 23.3. The van der Waals surface area contributed by atoms with Gasteiger partial charge >= 0.3 is 12.4 Å². The second-order valence-electron chi connectivity index (χ2n) is 7.54. The van der Waals surface area contributed by atoms with Crippen molar-refractivity contribution in [1.29, 1.82) is 0 Å². The minimum absolute atomic E-state index is 0.223. The van der Waals surface area contributed by atoms with E-state index in [4.69, 9.17) is 0 Å². The Kier molecular flexibility index (Phi) is 4.91. The number of urea groups is 1. The van der Waals surface area contributed by atoms with Crippen LogP contribution in [0.25, 0.3) is 5.65 Å². The standard InChI is InChI=1S/C21H17F3N4O4/c1-12-3-8-16-25-14(9-17(29)27(16)10-12)11-28-18(30)20(2,26-19(28)31)13-4-6-15(7-5-13)32-21(22,23)24/h3-10H,11H2,1-2H3,(H,26,31). The predicted molar refractivity (Wildman–Crippen MR) is 106 cm³/mol. The molecule has 1 N–H and O–H groups in total. The van der Waals surface area contributed by atoms with Crippen LogP contribution in [-0.4, -0.2) is 32.6 Å². The Hall–Kier alpha value is -3.89. The summed E-state index contributed by atoms with van der Waals surface area (Å²) < 4.78 is 42.3. The summed E-state index contributed by atoms with van der Waals surface area (Å²) >= 11 is 0. The number of halogens is 3. The SMILES string of the molecule is Cc1ccc2nc(CN3C(=O)NC(C)(c4ccc(OC(F)(F)F)cc4)C3=O)cc(=O)n2c1.